The lowest BCUT2D eigenvalue weighted by Gasteiger charge is -2.59. The van der Waals surface area contributed by atoms with Crippen LogP contribution < -0.4 is 10.6 Å². The highest BCUT2D eigenvalue weighted by Crippen LogP contribution is 2.60. The summed E-state index contributed by atoms with van der Waals surface area (Å²) in [6, 6.07) is 10.2. The number of nitrogens with one attached hydrogen (secondary N) is 2. The number of amides is 2. The molecule has 4 fully saturated rings. The van der Waals surface area contributed by atoms with Gasteiger partial charge in [-0.3, -0.25) is 14.6 Å². The van der Waals surface area contributed by atoms with Crippen molar-refractivity contribution in [2.45, 2.75) is 64.0 Å². The number of aromatic nitrogens is 1. The Hall–Kier alpha value is -2.21. The predicted octanol–water partition coefficient (Wildman–Crippen LogP) is 4.05. The minimum Gasteiger partial charge on any atom is -0.352 e. The molecule has 5 nitrogen and oxygen atoms in total. The van der Waals surface area contributed by atoms with Gasteiger partial charge < -0.3 is 10.6 Å². The number of hydrogen-bond acceptors (Lipinski definition) is 4. The van der Waals surface area contributed by atoms with Gasteiger partial charge in [-0.25, -0.2) is 0 Å². The maximum atomic E-state index is 13.3. The van der Waals surface area contributed by atoms with Gasteiger partial charge in [0.2, 0.25) is 11.8 Å². The van der Waals surface area contributed by atoms with Crippen LogP contribution >= 0.6 is 11.3 Å². The van der Waals surface area contributed by atoms with Gasteiger partial charge in [0, 0.05) is 17.1 Å². The fourth-order valence-corrected chi connectivity index (χ4v) is 7.07. The maximum Gasteiger partial charge on any atom is 0.230 e. The van der Waals surface area contributed by atoms with Crippen molar-refractivity contribution in [2.75, 3.05) is 0 Å². The van der Waals surface area contributed by atoms with Crippen LogP contribution in [0.15, 0.2) is 42.0 Å². The highest BCUT2D eigenvalue weighted by atomic mass is 32.1. The number of hydrogen-bond donors (Lipinski definition) is 2. The summed E-state index contributed by atoms with van der Waals surface area (Å²) in [5.41, 5.74) is 2.02. The third-order valence-corrected chi connectivity index (χ3v) is 8.80. The van der Waals surface area contributed by atoms with Gasteiger partial charge in [-0.05, 0) is 69.3 Å². The van der Waals surface area contributed by atoms with Crippen LogP contribution in [-0.4, -0.2) is 22.8 Å². The van der Waals surface area contributed by atoms with Crippen LogP contribution in [0.4, 0.5) is 0 Å². The van der Waals surface area contributed by atoms with E-state index in [0.717, 1.165) is 42.5 Å². The van der Waals surface area contributed by atoms with E-state index in [-0.39, 0.29) is 23.3 Å². The number of carbonyl (C=O) groups is 2. The fourth-order valence-electron chi connectivity index (χ4n) is 6.54. The zero-order valence-electron chi connectivity index (χ0n) is 18.3. The molecular weight excluding hydrogens is 406 g/mol. The summed E-state index contributed by atoms with van der Waals surface area (Å²) < 4.78 is 0. The summed E-state index contributed by atoms with van der Waals surface area (Å²) >= 11 is 1.58. The van der Waals surface area contributed by atoms with E-state index in [9.17, 15) is 9.59 Å². The van der Waals surface area contributed by atoms with Crippen molar-refractivity contribution in [2.24, 2.45) is 23.2 Å². The third kappa shape index (κ3) is 3.69. The summed E-state index contributed by atoms with van der Waals surface area (Å²) in [5.74, 6) is 1.71. The summed E-state index contributed by atoms with van der Waals surface area (Å²) in [6.45, 7) is 4.57. The summed E-state index contributed by atoms with van der Waals surface area (Å²) in [4.78, 5) is 31.7. The maximum absolute atomic E-state index is 13.3. The molecule has 0 spiro atoms. The average molecular weight is 438 g/mol. The molecule has 164 valence electrons. The van der Waals surface area contributed by atoms with Gasteiger partial charge in [-0.15, -0.1) is 11.3 Å². The summed E-state index contributed by atoms with van der Waals surface area (Å²) in [7, 11) is 0. The van der Waals surface area contributed by atoms with Crippen LogP contribution in [0.3, 0.4) is 0 Å². The molecule has 0 radical (unpaired) electrons. The van der Waals surface area contributed by atoms with Gasteiger partial charge in [0.15, 0.2) is 0 Å². The van der Waals surface area contributed by atoms with Gasteiger partial charge in [-0.2, -0.15) is 0 Å². The topological polar surface area (TPSA) is 71.1 Å². The first-order valence-electron chi connectivity index (χ1n) is 11.4. The van der Waals surface area contributed by atoms with Gasteiger partial charge in [0.1, 0.15) is 0 Å². The van der Waals surface area contributed by atoms with Gasteiger partial charge in [-0.1, -0.05) is 30.3 Å². The van der Waals surface area contributed by atoms with Crippen molar-refractivity contribution in [1.82, 2.24) is 15.6 Å². The van der Waals surface area contributed by atoms with E-state index in [0.29, 0.717) is 24.3 Å². The lowest BCUT2D eigenvalue weighted by atomic mass is 9.47. The smallest absolute Gasteiger partial charge is 0.230 e. The molecule has 0 aliphatic heterocycles. The van der Waals surface area contributed by atoms with Crippen molar-refractivity contribution < 1.29 is 9.59 Å². The van der Waals surface area contributed by atoms with E-state index in [2.05, 4.69) is 15.6 Å². The number of thiazole rings is 1. The van der Waals surface area contributed by atoms with Crippen LogP contribution in [0.5, 0.6) is 0 Å². The van der Waals surface area contributed by atoms with Crippen LogP contribution in [0.25, 0.3) is 0 Å². The number of benzene rings is 1. The SMILES string of the molecule is CC(C)(C(=O)NC1C2CC3CC1CC(C(=O)NCc1cncs1)(C3)C2)c1ccccc1. The van der Waals surface area contributed by atoms with E-state index in [1.165, 1.54) is 0 Å². The highest BCUT2D eigenvalue weighted by Gasteiger charge is 2.58. The average Bonchev–Trinajstić information content (AvgIpc) is 3.28. The first kappa shape index (κ1) is 20.7. The minimum atomic E-state index is -0.570. The molecule has 1 aromatic carbocycles. The lowest BCUT2D eigenvalue weighted by molar-refractivity contribution is -0.151. The Morgan fingerprint density at radius 1 is 1.13 bits per heavy atom. The van der Waals surface area contributed by atoms with E-state index >= 15 is 0 Å². The largest absolute Gasteiger partial charge is 0.352 e. The minimum absolute atomic E-state index is 0.0971. The fraction of sp³-hybridized carbons (Fsp3) is 0.560. The molecule has 2 unspecified atom stereocenters. The predicted molar refractivity (Wildman–Crippen MR) is 121 cm³/mol. The van der Waals surface area contributed by atoms with Gasteiger partial charge in [0.25, 0.3) is 0 Å². The lowest BCUT2D eigenvalue weighted by Crippen LogP contribution is -2.63. The second-order valence-corrected chi connectivity index (χ2v) is 11.4. The standard InChI is InChI=1S/C25H31N3O2S/c1-24(2,19-6-4-3-5-7-19)22(29)28-21-17-8-16-9-18(21)12-25(10-16,11-17)23(30)27-14-20-13-26-15-31-20/h3-7,13,15-18,21H,8-12,14H2,1-2H3,(H,27,30)(H,28,29). The van der Waals surface area contributed by atoms with Crippen LogP contribution in [0.1, 0.15) is 56.4 Å². The number of carbonyl (C=O) groups excluding carboxylic acids is 2. The zero-order chi connectivity index (χ0) is 21.6. The molecule has 0 saturated heterocycles. The molecule has 4 bridgehead atoms. The quantitative estimate of drug-likeness (QED) is 0.716. The summed E-state index contributed by atoms with van der Waals surface area (Å²) in [6.07, 6.45) is 6.89. The highest BCUT2D eigenvalue weighted by molar-refractivity contribution is 7.09. The molecule has 6 heteroatoms. The van der Waals surface area contributed by atoms with E-state index in [4.69, 9.17) is 0 Å². The van der Waals surface area contributed by atoms with Crippen LogP contribution in [-0.2, 0) is 21.5 Å². The Balaban J connectivity index is 1.28. The first-order chi connectivity index (χ1) is 14.9. The van der Waals surface area contributed by atoms with Crippen molar-refractivity contribution in [1.29, 1.82) is 0 Å². The Kier molecular flexibility index (Phi) is 5.16. The third-order valence-electron chi connectivity index (χ3n) is 8.02. The normalized spacial score (nSPS) is 31.4. The molecule has 4 saturated carbocycles. The number of rotatable bonds is 6. The molecule has 6 rings (SSSR count). The molecule has 1 heterocycles. The Morgan fingerprint density at radius 3 is 2.48 bits per heavy atom. The molecular formula is C25H31N3O2S. The van der Waals surface area contributed by atoms with Crippen molar-refractivity contribution in [3.63, 3.8) is 0 Å². The Labute approximate surface area is 188 Å². The Morgan fingerprint density at radius 2 is 1.84 bits per heavy atom. The van der Waals surface area contributed by atoms with Crippen molar-refractivity contribution >= 4 is 23.2 Å². The second kappa shape index (κ2) is 7.73. The molecule has 2 aromatic rings. The number of nitrogens with zero attached hydrogens (tertiary/aromatic N) is 1. The molecule has 2 atom stereocenters. The molecule has 31 heavy (non-hydrogen) atoms. The van der Waals surface area contributed by atoms with E-state index in [1.807, 2.05) is 50.4 Å². The molecule has 4 aliphatic carbocycles. The van der Waals surface area contributed by atoms with Gasteiger partial charge >= 0.3 is 0 Å². The van der Waals surface area contributed by atoms with Crippen molar-refractivity contribution in [3.05, 3.63) is 52.5 Å². The second-order valence-electron chi connectivity index (χ2n) is 10.4. The van der Waals surface area contributed by atoms with E-state index < -0.39 is 5.41 Å². The van der Waals surface area contributed by atoms with Crippen molar-refractivity contribution in [3.8, 4) is 0 Å². The van der Waals surface area contributed by atoms with Gasteiger partial charge in [0.05, 0.1) is 22.9 Å². The molecule has 1 aromatic heterocycles. The first-order valence-corrected chi connectivity index (χ1v) is 12.3. The Bertz CT molecular complexity index is 940. The van der Waals surface area contributed by atoms with E-state index in [1.54, 1.807) is 16.8 Å². The summed E-state index contributed by atoms with van der Waals surface area (Å²) in [5, 5.41) is 6.62. The monoisotopic (exact) mass is 437 g/mol. The van der Waals surface area contributed by atoms with Crippen LogP contribution in [0.2, 0.25) is 0 Å². The zero-order valence-corrected chi connectivity index (χ0v) is 19.1. The van der Waals surface area contributed by atoms with Crippen LogP contribution in [0, 0.1) is 23.2 Å². The molecule has 4 aliphatic rings. The molecule has 2 amide bonds. The molecule has 2 N–H and O–H groups in total.